The Bertz CT molecular complexity index is 208. The molecule has 1 saturated carbocycles. The van der Waals surface area contributed by atoms with Crippen molar-refractivity contribution in [2.24, 2.45) is 11.7 Å². The summed E-state index contributed by atoms with van der Waals surface area (Å²) in [4.78, 5) is 1.95. The van der Waals surface area contributed by atoms with Crippen LogP contribution in [0.25, 0.3) is 0 Å². The summed E-state index contributed by atoms with van der Waals surface area (Å²) in [6.45, 7) is 0.177. The highest BCUT2D eigenvalue weighted by Crippen LogP contribution is 2.38. The maximum Gasteiger partial charge on any atom is 0.272 e. The van der Waals surface area contributed by atoms with Crippen LogP contribution in [0.3, 0.4) is 0 Å². The average molecular weight is 204 g/mol. The molecule has 2 unspecified atom stereocenters. The van der Waals surface area contributed by atoms with Crippen LogP contribution in [-0.4, -0.2) is 36.5 Å². The highest BCUT2D eigenvalue weighted by Gasteiger charge is 2.41. The average Bonchev–Trinajstić information content (AvgIpc) is 2.70. The van der Waals surface area contributed by atoms with Crippen LogP contribution in [-0.2, 0) is 0 Å². The minimum absolute atomic E-state index is 0.134. The summed E-state index contributed by atoms with van der Waals surface area (Å²) in [5.74, 6) is -2.01. The van der Waals surface area contributed by atoms with Crippen LogP contribution in [0.4, 0.5) is 8.78 Å². The van der Waals surface area contributed by atoms with Crippen LogP contribution in [0.5, 0.6) is 0 Å². The van der Waals surface area contributed by atoms with Crippen molar-refractivity contribution < 1.29 is 8.78 Å². The third kappa shape index (κ3) is 1.91. The van der Waals surface area contributed by atoms with Gasteiger partial charge >= 0.3 is 0 Å². The summed E-state index contributed by atoms with van der Waals surface area (Å²) in [7, 11) is 0. The largest absolute Gasteiger partial charge is 0.325 e. The maximum atomic E-state index is 13.1. The first-order valence-corrected chi connectivity index (χ1v) is 5.44. The lowest BCUT2D eigenvalue weighted by molar-refractivity contribution is -0.0274. The Labute approximate surface area is 83.4 Å². The van der Waals surface area contributed by atoms with Gasteiger partial charge in [0, 0.05) is 6.04 Å². The Morgan fingerprint density at radius 1 is 1.29 bits per heavy atom. The van der Waals surface area contributed by atoms with Crippen LogP contribution in [0, 0.1) is 5.92 Å². The Morgan fingerprint density at radius 3 is 2.79 bits per heavy atom. The van der Waals surface area contributed by atoms with E-state index in [0.29, 0.717) is 12.0 Å². The van der Waals surface area contributed by atoms with E-state index in [1.807, 2.05) is 4.90 Å². The predicted molar refractivity (Wildman–Crippen MR) is 51.3 cm³/mol. The number of nitrogens with zero attached hydrogens (tertiary/aromatic N) is 1. The SMILES string of the molecule is NCC(F)(F)CN1CCC2CCCC21. The van der Waals surface area contributed by atoms with E-state index in [9.17, 15) is 8.78 Å². The molecule has 1 aliphatic carbocycles. The van der Waals surface area contributed by atoms with Crippen molar-refractivity contribution in [1.82, 2.24) is 4.90 Å². The van der Waals surface area contributed by atoms with Gasteiger partial charge in [0.2, 0.25) is 0 Å². The van der Waals surface area contributed by atoms with Gasteiger partial charge in [0.15, 0.2) is 0 Å². The van der Waals surface area contributed by atoms with Crippen molar-refractivity contribution in [3.63, 3.8) is 0 Å². The molecule has 0 amide bonds. The number of halogens is 2. The van der Waals surface area contributed by atoms with Crippen LogP contribution < -0.4 is 5.73 Å². The molecule has 0 aromatic rings. The van der Waals surface area contributed by atoms with E-state index in [2.05, 4.69) is 0 Å². The van der Waals surface area contributed by atoms with E-state index < -0.39 is 12.5 Å². The normalized spacial score (nSPS) is 33.6. The molecule has 2 aliphatic rings. The van der Waals surface area contributed by atoms with E-state index in [0.717, 1.165) is 19.4 Å². The number of nitrogens with two attached hydrogens (primary N) is 1. The summed E-state index contributed by atoms with van der Waals surface area (Å²) in [5.41, 5.74) is 5.04. The Kier molecular flexibility index (Phi) is 2.75. The molecule has 4 heteroatoms. The van der Waals surface area contributed by atoms with E-state index >= 15 is 0 Å². The standard InChI is InChI=1S/C10H18F2N2/c11-10(12,6-13)7-14-5-4-8-2-1-3-9(8)14/h8-9H,1-7,13H2. The summed E-state index contributed by atoms with van der Waals surface area (Å²) in [5, 5.41) is 0. The fraction of sp³-hybridized carbons (Fsp3) is 1.00. The molecule has 0 aromatic carbocycles. The highest BCUT2D eigenvalue weighted by molar-refractivity contribution is 4.93. The first-order chi connectivity index (χ1) is 6.62. The molecule has 2 rings (SSSR count). The van der Waals surface area contributed by atoms with Crippen LogP contribution in [0.15, 0.2) is 0 Å². The number of hydrogen-bond acceptors (Lipinski definition) is 2. The minimum Gasteiger partial charge on any atom is -0.325 e. The second kappa shape index (κ2) is 3.74. The Balaban J connectivity index is 1.93. The highest BCUT2D eigenvalue weighted by atomic mass is 19.3. The number of likely N-dealkylation sites (tertiary alicyclic amines) is 1. The second-order valence-electron chi connectivity index (χ2n) is 4.58. The molecule has 0 radical (unpaired) electrons. The van der Waals surface area contributed by atoms with E-state index in [4.69, 9.17) is 5.73 Å². The molecule has 2 N–H and O–H groups in total. The van der Waals surface area contributed by atoms with Gasteiger partial charge in [-0.05, 0) is 31.7 Å². The van der Waals surface area contributed by atoms with Gasteiger partial charge in [-0.15, -0.1) is 0 Å². The summed E-state index contributed by atoms with van der Waals surface area (Å²) in [6.07, 6.45) is 4.64. The molecule has 1 heterocycles. The summed E-state index contributed by atoms with van der Waals surface area (Å²) < 4.78 is 26.2. The fourth-order valence-corrected chi connectivity index (χ4v) is 2.89. The van der Waals surface area contributed by atoms with Gasteiger partial charge in [-0.2, -0.15) is 0 Å². The lowest BCUT2D eigenvalue weighted by Crippen LogP contribution is -2.44. The number of fused-ring (bicyclic) bond motifs is 1. The van der Waals surface area contributed by atoms with Crippen molar-refractivity contribution in [2.75, 3.05) is 19.6 Å². The molecule has 0 spiro atoms. The Hall–Kier alpha value is -0.220. The monoisotopic (exact) mass is 204 g/mol. The molecule has 0 aromatic heterocycles. The Morgan fingerprint density at radius 2 is 2.07 bits per heavy atom. The van der Waals surface area contributed by atoms with Crippen LogP contribution in [0.2, 0.25) is 0 Å². The smallest absolute Gasteiger partial charge is 0.272 e. The second-order valence-corrected chi connectivity index (χ2v) is 4.58. The van der Waals surface area contributed by atoms with E-state index in [-0.39, 0.29) is 6.54 Å². The maximum absolute atomic E-state index is 13.1. The van der Waals surface area contributed by atoms with Crippen molar-refractivity contribution in [2.45, 2.75) is 37.6 Å². The zero-order valence-corrected chi connectivity index (χ0v) is 8.38. The minimum atomic E-state index is -2.70. The summed E-state index contributed by atoms with van der Waals surface area (Å²) in [6, 6.07) is 0.424. The zero-order valence-electron chi connectivity index (χ0n) is 8.38. The molecule has 14 heavy (non-hydrogen) atoms. The lowest BCUT2D eigenvalue weighted by Gasteiger charge is -2.27. The topological polar surface area (TPSA) is 29.3 Å². The van der Waals surface area contributed by atoms with E-state index in [1.54, 1.807) is 0 Å². The molecule has 2 fully saturated rings. The van der Waals surface area contributed by atoms with Gasteiger partial charge in [0.1, 0.15) is 0 Å². The first kappa shape index (κ1) is 10.3. The molecular formula is C10H18F2N2. The summed E-state index contributed by atoms with van der Waals surface area (Å²) >= 11 is 0. The molecule has 82 valence electrons. The first-order valence-electron chi connectivity index (χ1n) is 5.44. The van der Waals surface area contributed by atoms with Crippen molar-refractivity contribution in [1.29, 1.82) is 0 Å². The fourth-order valence-electron chi connectivity index (χ4n) is 2.89. The number of hydrogen-bond donors (Lipinski definition) is 1. The predicted octanol–water partition coefficient (Wildman–Crippen LogP) is 1.45. The van der Waals surface area contributed by atoms with Gasteiger partial charge in [0.25, 0.3) is 5.92 Å². The van der Waals surface area contributed by atoms with Gasteiger partial charge < -0.3 is 5.73 Å². The molecule has 2 nitrogen and oxygen atoms in total. The number of alkyl halides is 2. The number of rotatable bonds is 3. The van der Waals surface area contributed by atoms with Crippen molar-refractivity contribution >= 4 is 0 Å². The van der Waals surface area contributed by atoms with Crippen LogP contribution in [0.1, 0.15) is 25.7 Å². The third-order valence-corrected chi connectivity index (χ3v) is 3.61. The zero-order chi connectivity index (χ0) is 10.2. The van der Waals surface area contributed by atoms with Gasteiger partial charge in [-0.25, -0.2) is 8.78 Å². The van der Waals surface area contributed by atoms with Crippen molar-refractivity contribution in [3.05, 3.63) is 0 Å². The molecule has 0 bridgehead atoms. The van der Waals surface area contributed by atoms with Gasteiger partial charge in [-0.3, -0.25) is 4.90 Å². The lowest BCUT2D eigenvalue weighted by atomic mass is 10.0. The third-order valence-electron chi connectivity index (χ3n) is 3.61. The molecular weight excluding hydrogens is 186 g/mol. The molecule has 2 atom stereocenters. The molecule has 1 aliphatic heterocycles. The molecule has 1 saturated heterocycles. The van der Waals surface area contributed by atoms with E-state index in [1.165, 1.54) is 12.8 Å². The van der Waals surface area contributed by atoms with Crippen LogP contribution >= 0.6 is 0 Å². The quantitative estimate of drug-likeness (QED) is 0.754. The van der Waals surface area contributed by atoms with Gasteiger partial charge in [-0.1, -0.05) is 6.42 Å². The van der Waals surface area contributed by atoms with Crippen molar-refractivity contribution in [3.8, 4) is 0 Å². The van der Waals surface area contributed by atoms with Gasteiger partial charge in [0.05, 0.1) is 13.1 Å².